The molecule has 1 fully saturated rings. The number of aliphatic hydroxyl groups is 2. The van der Waals surface area contributed by atoms with Crippen LogP contribution in [0.2, 0.25) is 10.1 Å². The molecule has 7 heteroatoms. The van der Waals surface area contributed by atoms with Crippen LogP contribution in [-0.2, 0) is 13.6 Å². The molecule has 1 aliphatic heterocycles. The summed E-state index contributed by atoms with van der Waals surface area (Å²) >= 11 is 0. The minimum Gasteiger partial charge on any atom is -0.399 e. The first-order valence-corrected chi connectivity index (χ1v) is 23.1. The predicted molar refractivity (Wildman–Crippen MR) is 226 cm³/mol. The first kappa shape index (κ1) is 40.0. The summed E-state index contributed by atoms with van der Waals surface area (Å²) in [5.41, 5.74) is 4.25. The molecule has 0 aliphatic carbocycles. The summed E-state index contributed by atoms with van der Waals surface area (Å²) in [6.45, 7) is 19.4. The SMILES string of the molecule is Cc1cc(C)c([C@@H]2O[C@H](CO)[C@@H](O[Si](c3ccccc3)(c3ccccc3)C(C)(C)C)[C@H](O)[C@H]2O[Si](c2ccccc2)(c2ccccc2)C(C)(C)C)c(C)c1. The largest absolute Gasteiger partial charge is 0.399 e. The molecule has 1 heterocycles. The number of ether oxygens (including phenoxy) is 1. The molecule has 1 saturated heterocycles. The number of hydrogen-bond donors (Lipinski definition) is 2. The molecule has 0 amide bonds. The van der Waals surface area contributed by atoms with Crippen LogP contribution in [0.3, 0.4) is 0 Å². The molecule has 0 bridgehead atoms. The first-order chi connectivity index (χ1) is 25.7. The third-order valence-corrected chi connectivity index (χ3v) is 21.4. The summed E-state index contributed by atoms with van der Waals surface area (Å²) in [4.78, 5) is 0. The van der Waals surface area contributed by atoms with E-state index in [2.05, 4.69) is 172 Å². The minimum absolute atomic E-state index is 0.327. The molecular formula is C47H58O5Si2. The summed E-state index contributed by atoms with van der Waals surface area (Å²) in [7, 11) is -6.45. The lowest BCUT2D eigenvalue weighted by atomic mass is 9.86. The maximum atomic E-state index is 13.2. The van der Waals surface area contributed by atoms with Gasteiger partial charge in [0.15, 0.2) is 0 Å². The van der Waals surface area contributed by atoms with Gasteiger partial charge in [0, 0.05) is 0 Å². The van der Waals surface area contributed by atoms with Gasteiger partial charge in [-0.1, -0.05) is 181 Å². The van der Waals surface area contributed by atoms with Gasteiger partial charge >= 0.3 is 0 Å². The van der Waals surface area contributed by atoms with Crippen molar-refractivity contribution in [1.29, 1.82) is 0 Å². The predicted octanol–water partition coefficient (Wildman–Crippen LogP) is 7.30. The Kier molecular flexibility index (Phi) is 11.7. The monoisotopic (exact) mass is 758 g/mol. The maximum absolute atomic E-state index is 13.2. The fourth-order valence-electron chi connectivity index (χ4n) is 9.02. The quantitative estimate of drug-likeness (QED) is 0.147. The molecule has 1 aliphatic rings. The van der Waals surface area contributed by atoms with Gasteiger partial charge in [0.1, 0.15) is 30.5 Å². The average molecular weight is 759 g/mol. The molecule has 5 atom stereocenters. The lowest BCUT2D eigenvalue weighted by Crippen LogP contribution is -2.73. The molecule has 0 radical (unpaired) electrons. The van der Waals surface area contributed by atoms with Crippen molar-refractivity contribution in [3.05, 3.63) is 156 Å². The summed E-state index contributed by atoms with van der Waals surface area (Å²) in [5.74, 6) is 0. The van der Waals surface area contributed by atoms with E-state index in [-0.39, 0.29) is 16.7 Å². The van der Waals surface area contributed by atoms with Crippen LogP contribution >= 0.6 is 0 Å². The van der Waals surface area contributed by atoms with Gasteiger partial charge < -0.3 is 23.8 Å². The Morgan fingerprint density at radius 1 is 0.556 bits per heavy atom. The number of benzene rings is 5. The Hall–Kier alpha value is -3.67. The van der Waals surface area contributed by atoms with Gasteiger partial charge in [-0.25, -0.2) is 0 Å². The van der Waals surface area contributed by atoms with Gasteiger partial charge in [0.2, 0.25) is 0 Å². The Bertz CT molecular complexity index is 1870. The lowest BCUT2D eigenvalue weighted by Gasteiger charge is -2.54. The molecule has 54 heavy (non-hydrogen) atoms. The van der Waals surface area contributed by atoms with Gasteiger partial charge in [-0.3, -0.25) is 0 Å². The Balaban J connectivity index is 1.61. The Morgan fingerprint density at radius 3 is 1.20 bits per heavy atom. The van der Waals surface area contributed by atoms with E-state index in [1.165, 1.54) is 0 Å². The van der Waals surface area contributed by atoms with E-state index in [0.717, 1.165) is 43.0 Å². The van der Waals surface area contributed by atoms with E-state index < -0.39 is 47.2 Å². The van der Waals surface area contributed by atoms with E-state index in [1.807, 2.05) is 24.3 Å². The second-order valence-electron chi connectivity index (χ2n) is 17.1. The topological polar surface area (TPSA) is 68.2 Å². The molecule has 0 aromatic heterocycles. The third-order valence-electron chi connectivity index (χ3n) is 11.3. The van der Waals surface area contributed by atoms with Crippen LogP contribution in [0.15, 0.2) is 133 Å². The van der Waals surface area contributed by atoms with Gasteiger partial charge in [-0.2, -0.15) is 0 Å². The fourth-order valence-corrected chi connectivity index (χ4v) is 18.4. The highest BCUT2D eigenvalue weighted by molar-refractivity contribution is 7.00. The number of aryl methyl sites for hydroxylation is 3. The molecule has 5 aromatic carbocycles. The highest BCUT2D eigenvalue weighted by atomic mass is 28.4. The van der Waals surface area contributed by atoms with Crippen molar-refractivity contribution >= 4 is 37.4 Å². The van der Waals surface area contributed by atoms with Gasteiger partial charge in [0.25, 0.3) is 16.6 Å². The highest BCUT2D eigenvalue weighted by Gasteiger charge is 2.59. The maximum Gasteiger partial charge on any atom is 0.261 e. The van der Waals surface area contributed by atoms with Crippen LogP contribution in [0.5, 0.6) is 0 Å². The third kappa shape index (κ3) is 7.24. The van der Waals surface area contributed by atoms with Crippen molar-refractivity contribution in [3.8, 4) is 0 Å². The molecule has 0 saturated carbocycles. The van der Waals surface area contributed by atoms with E-state index in [9.17, 15) is 10.2 Å². The molecule has 0 unspecified atom stereocenters. The fraction of sp³-hybridized carbons (Fsp3) is 0.362. The first-order valence-electron chi connectivity index (χ1n) is 19.3. The number of hydrogen-bond acceptors (Lipinski definition) is 5. The van der Waals surface area contributed by atoms with Crippen LogP contribution < -0.4 is 20.7 Å². The second kappa shape index (κ2) is 15.8. The van der Waals surface area contributed by atoms with Gasteiger partial charge in [-0.05, 0) is 68.3 Å². The number of aliphatic hydroxyl groups excluding tert-OH is 2. The standard InChI is InChI=1S/C47H58O5Si2/c1-33-30-34(2)41(35(3)31-33)44-45(52-54(47(7,8)9,38-26-18-12-19-27-38)39-28-20-13-21-29-39)42(49)43(40(32-48)50-44)51-53(46(4,5)6,36-22-14-10-15-23-36)37-24-16-11-17-25-37/h10-31,40,42-45,48-49H,32H2,1-9H3/t40-,42+,43-,44+,45-/m1/s1. The summed E-state index contributed by atoms with van der Waals surface area (Å²) in [5, 5.41) is 28.2. The molecule has 5 nitrogen and oxygen atoms in total. The summed E-state index contributed by atoms with van der Waals surface area (Å²) in [6, 6.07) is 46.2. The molecule has 5 aromatic rings. The van der Waals surface area contributed by atoms with Crippen LogP contribution in [-0.4, -0.2) is 57.9 Å². The smallest absolute Gasteiger partial charge is 0.261 e. The molecule has 284 valence electrons. The van der Waals surface area contributed by atoms with E-state index >= 15 is 0 Å². The van der Waals surface area contributed by atoms with E-state index in [1.54, 1.807) is 0 Å². The normalized spacial score (nSPS) is 21.2. The Morgan fingerprint density at radius 2 is 0.889 bits per heavy atom. The van der Waals surface area contributed by atoms with E-state index in [4.69, 9.17) is 13.6 Å². The zero-order valence-corrected chi connectivity index (χ0v) is 35.4. The Labute approximate surface area is 325 Å². The van der Waals surface area contributed by atoms with E-state index in [0.29, 0.717) is 0 Å². The van der Waals surface area contributed by atoms with Crippen LogP contribution in [0.25, 0.3) is 0 Å². The van der Waals surface area contributed by atoms with Crippen molar-refractivity contribution in [2.45, 2.75) is 103 Å². The van der Waals surface area contributed by atoms with Crippen LogP contribution in [0.1, 0.15) is 69.9 Å². The second-order valence-corrected chi connectivity index (χ2v) is 25.6. The molecule has 6 rings (SSSR count). The molecule has 0 spiro atoms. The van der Waals surface area contributed by atoms with Crippen molar-refractivity contribution in [2.75, 3.05) is 6.61 Å². The zero-order chi connectivity index (χ0) is 38.9. The van der Waals surface area contributed by atoms with Gasteiger partial charge in [0.05, 0.1) is 6.61 Å². The minimum atomic E-state index is -3.23. The zero-order valence-electron chi connectivity index (χ0n) is 33.4. The van der Waals surface area contributed by atoms with Crippen molar-refractivity contribution in [2.24, 2.45) is 0 Å². The highest BCUT2D eigenvalue weighted by Crippen LogP contribution is 2.46. The van der Waals surface area contributed by atoms with Gasteiger partial charge in [-0.15, -0.1) is 0 Å². The van der Waals surface area contributed by atoms with Crippen molar-refractivity contribution in [3.63, 3.8) is 0 Å². The lowest BCUT2D eigenvalue weighted by molar-refractivity contribution is -0.222. The molecule has 2 N–H and O–H groups in total. The average Bonchev–Trinajstić information content (AvgIpc) is 3.14. The summed E-state index contributed by atoms with van der Waals surface area (Å²) < 4.78 is 22.7. The van der Waals surface area contributed by atoms with Crippen LogP contribution in [0, 0.1) is 20.8 Å². The van der Waals surface area contributed by atoms with Crippen molar-refractivity contribution in [1.82, 2.24) is 0 Å². The number of rotatable bonds is 10. The van der Waals surface area contributed by atoms with Crippen molar-refractivity contribution < 1.29 is 23.8 Å². The van der Waals surface area contributed by atoms with Crippen LogP contribution in [0.4, 0.5) is 0 Å². The summed E-state index contributed by atoms with van der Waals surface area (Å²) in [6.07, 6.45) is -4.43. The molecular weight excluding hydrogens is 701 g/mol.